The number of allylic oxidation sites excluding steroid dienone is 4. The van der Waals surface area contributed by atoms with Crippen molar-refractivity contribution in [3.63, 3.8) is 0 Å². The highest BCUT2D eigenvalue weighted by Gasteiger charge is 2.85. The van der Waals surface area contributed by atoms with Crippen molar-refractivity contribution in [1.82, 2.24) is 0 Å². The van der Waals surface area contributed by atoms with Gasteiger partial charge in [0.15, 0.2) is 17.3 Å². The molecule has 6 rings (SSSR count). The van der Waals surface area contributed by atoms with Gasteiger partial charge in [0.05, 0.1) is 12.2 Å². The maximum atomic E-state index is 13.6. The highest BCUT2D eigenvalue weighted by molar-refractivity contribution is 6.01. The van der Waals surface area contributed by atoms with E-state index >= 15 is 0 Å². The van der Waals surface area contributed by atoms with Crippen molar-refractivity contribution in [3.8, 4) is 5.75 Å². The van der Waals surface area contributed by atoms with Gasteiger partial charge in [0, 0.05) is 30.2 Å². The predicted molar refractivity (Wildman–Crippen MR) is 132 cm³/mol. The molecule has 0 radical (unpaired) electrons. The number of aromatic nitrogens is 1. The van der Waals surface area contributed by atoms with Crippen LogP contribution >= 0.6 is 0 Å². The molecule has 0 aliphatic heterocycles. The van der Waals surface area contributed by atoms with E-state index in [9.17, 15) is 19.8 Å². The van der Waals surface area contributed by atoms with E-state index in [4.69, 9.17) is 0 Å². The van der Waals surface area contributed by atoms with Crippen molar-refractivity contribution in [2.75, 3.05) is 11.9 Å². The number of carbonyl (C=O) groups is 2. The molecule has 35 heavy (non-hydrogen) atoms. The Kier molecular flexibility index (Phi) is 4.63. The molecule has 6 heteroatoms. The molecule has 0 amide bonds. The maximum Gasteiger partial charge on any atom is 0.223 e. The first kappa shape index (κ1) is 23.0. The predicted octanol–water partition coefficient (Wildman–Crippen LogP) is 3.71. The summed E-state index contributed by atoms with van der Waals surface area (Å²) in [6.07, 6.45) is 10.7. The van der Waals surface area contributed by atoms with Crippen molar-refractivity contribution < 1.29 is 24.8 Å². The molecule has 0 unspecified atom stereocenters. The molecule has 0 bridgehead atoms. The van der Waals surface area contributed by atoms with Crippen LogP contribution in [0, 0.1) is 40.9 Å². The lowest BCUT2D eigenvalue weighted by Gasteiger charge is -2.57. The SMILES string of the molecule is CCc1[nH+]c(C)cc(NCC(=O)[C@]2(O)C[C@@H]3[C@H]4[C@@]35CCC3=CC(=O)C=C[C@]3(C)[C@H]5CC[C@]42C)c1O. The zero-order valence-corrected chi connectivity index (χ0v) is 21.2. The Morgan fingerprint density at radius 2 is 2.06 bits per heavy atom. The van der Waals surface area contributed by atoms with Crippen molar-refractivity contribution in [2.24, 2.45) is 34.0 Å². The van der Waals surface area contributed by atoms with Gasteiger partial charge in [-0.2, -0.15) is 0 Å². The van der Waals surface area contributed by atoms with Gasteiger partial charge < -0.3 is 15.5 Å². The third kappa shape index (κ3) is 2.72. The first-order valence-corrected chi connectivity index (χ1v) is 13.2. The molecule has 6 nitrogen and oxygen atoms in total. The topological polar surface area (TPSA) is 101 Å². The molecular formula is C29H37N2O4+. The number of nitrogens with one attached hydrogen (secondary N) is 2. The van der Waals surface area contributed by atoms with Crippen LogP contribution in [0.25, 0.3) is 0 Å². The Balaban J connectivity index is 1.24. The van der Waals surface area contributed by atoms with Gasteiger partial charge in [-0.3, -0.25) is 9.59 Å². The molecule has 0 aromatic carbocycles. The third-order valence-corrected chi connectivity index (χ3v) is 11.0. The summed E-state index contributed by atoms with van der Waals surface area (Å²) >= 11 is 0. The van der Waals surface area contributed by atoms with Crippen molar-refractivity contribution in [2.45, 2.75) is 71.8 Å². The van der Waals surface area contributed by atoms with Gasteiger partial charge in [-0.1, -0.05) is 32.4 Å². The molecular weight excluding hydrogens is 440 g/mol. The molecule has 7 atom stereocenters. The number of hydrogen-bond acceptors (Lipinski definition) is 5. The Bertz CT molecular complexity index is 1220. The molecule has 1 aromatic heterocycles. The normalized spacial score (nSPS) is 42.6. The Hall–Kier alpha value is -2.47. The largest absolute Gasteiger partial charge is 0.501 e. The first-order valence-electron chi connectivity index (χ1n) is 13.2. The van der Waals surface area contributed by atoms with Gasteiger partial charge in [-0.25, -0.2) is 4.98 Å². The highest BCUT2D eigenvalue weighted by Crippen LogP contribution is 2.87. The summed E-state index contributed by atoms with van der Waals surface area (Å²) < 4.78 is 0. The van der Waals surface area contributed by atoms with Crippen LogP contribution in [-0.2, 0) is 16.0 Å². The van der Waals surface area contributed by atoms with Gasteiger partial charge in [0.1, 0.15) is 5.60 Å². The zero-order chi connectivity index (χ0) is 25.0. The number of aryl methyl sites for hydroxylation is 2. The summed E-state index contributed by atoms with van der Waals surface area (Å²) in [4.78, 5) is 28.8. The average molecular weight is 478 g/mol. The van der Waals surface area contributed by atoms with Crippen LogP contribution < -0.4 is 10.3 Å². The van der Waals surface area contributed by atoms with Crippen LogP contribution in [0.4, 0.5) is 5.69 Å². The number of pyridine rings is 1. The van der Waals surface area contributed by atoms with Crippen LogP contribution in [0.1, 0.15) is 64.3 Å². The quantitative estimate of drug-likeness (QED) is 0.600. The summed E-state index contributed by atoms with van der Waals surface area (Å²) in [6.45, 7) is 8.32. The first-order chi connectivity index (χ1) is 16.5. The number of rotatable bonds is 5. The molecule has 4 fully saturated rings. The van der Waals surface area contributed by atoms with E-state index < -0.39 is 11.0 Å². The van der Waals surface area contributed by atoms with Crippen LogP contribution in [0.5, 0.6) is 5.75 Å². The molecule has 5 aliphatic carbocycles. The van der Waals surface area contributed by atoms with Gasteiger partial charge in [0.2, 0.25) is 11.4 Å². The fraction of sp³-hybridized carbons (Fsp3) is 0.621. The summed E-state index contributed by atoms with van der Waals surface area (Å²) in [7, 11) is 0. The lowest BCUT2D eigenvalue weighted by atomic mass is 9.47. The van der Waals surface area contributed by atoms with E-state index in [-0.39, 0.29) is 34.7 Å². The van der Waals surface area contributed by atoms with Crippen molar-refractivity contribution >= 4 is 17.3 Å². The summed E-state index contributed by atoms with van der Waals surface area (Å²) in [5.41, 5.74) is 1.73. The molecule has 0 saturated heterocycles. The second kappa shape index (κ2) is 7.06. The van der Waals surface area contributed by atoms with Gasteiger partial charge >= 0.3 is 0 Å². The molecule has 1 spiro atoms. The van der Waals surface area contributed by atoms with Crippen LogP contribution in [0.2, 0.25) is 0 Å². The lowest BCUT2D eigenvalue weighted by Crippen LogP contribution is -2.59. The Labute approximate surface area is 206 Å². The second-order valence-corrected chi connectivity index (χ2v) is 12.3. The number of Topliss-reactive ketones (excluding diaryl/α,β-unsaturated/α-hetero) is 1. The van der Waals surface area contributed by atoms with Crippen molar-refractivity contribution in [1.29, 1.82) is 0 Å². The van der Waals surface area contributed by atoms with E-state index in [0.29, 0.717) is 36.3 Å². The lowest BCUT2D eigenvalue weighted by molar-refractivity contribution is -0.400. The number of carbonyl (C=O) groups excluding carboxylic acids is 2. The highest BCUT2D eigenvalue weighted by atomic mass is 16.3. The second-order valence-electron chi connectivity index (χ2n) is 12.3. The van der Waals surface area contributed by atoms with E-state index in [2.05, 4.69) is 30.2 Å². The van der Waals surface area contributed by atoms with E-state index in [1.165, 1.54) is 5.57 Å². The standard InChI is InChI=1S/C29H36N2O4/c1-5-20-24(34)21(12-16(2)31-20)30-15-23(33)29(35)14-19-25-27(29,4)10-8-22-26(3)9-7-18(32)13-17(26)6-11-28(19,22)25/h7,9,12-13,19,22,25,34-35H,5-6,8,10-11,14-15H2,1-4H3,(H,30,31)/p+1/t19-,22-,25-,26+,27-,28+,29-/m1/s1. The van der Waals surface area contributed by atoms with E-state index in [0.717, 1.165) is 37.1 Å². The number of hydrogen-bond donors (Lipinski definition) is 3. The number of fused-ring (bicyclic) bond motifs is 2. The monoisotopic (exact) mass is 477 g/mol. The summed E-state index contributed by atoms with van der Waals surface area (Å²) in [6, 6.07) is 1.80. The molecule has 5 aliphatic rings. The number of aliphatic hydroxyl groups is 1. The molecule has 4 saturated carbocycles. The van der Waals surface area contributed by atoms with Gasteiger partial charge in [0.25, 0.3) is 0 Å². The third-order valence-electron chi connectivity index (χ3n) is 11.0. The maximum absolute atomic E-state index is 13.6. The van der Waals surface area contributed by atoms with Gasteiger partial charge in [-0.15, -0.1) is 0 Å². The van der Waals surface area contributed by atoms with E-state index in [1.54, 1.807) is 12.1 Å². The minimum Gasteiger partial charge on any atom is -0.501 e. The number of aromatic hydroxyl groups is 1. The Morgan fingerprint density at radius 1 is 1.29 bits per heavy atom. The minimum atomic E-state index is -1.35. The minimum absolute atomic E-state index is 0.00240. The van der Waals surface area contributed by atoms with E-state index in [1.807, 2.05) is 19.9 Å². The number of aromatic amines is 1. The molecule has 1 heterocycles. The van der Waals surface area contributed by atoms with Crippen LogP contribution in [0.15, 0.2) is 29.9 Å². The fourth-order valence-corrected chi connectivity index (χ4v) is 9.31. The number of H-pyrrole nitrogens is 1. The fourth-order valence-electron chi connectivity index (χ4n) is 9.31. The summed E-state index contributed by atoms with van der Waals surface area (Å²) in [5.74, 6) is 1.23. The van der Waals surface area contributed by atoms with Crippen LogP contribution in [0.3, 0.4) is 0 Å². The Morgan fingerprint density at radius 3 is 2.80 bits per heavy atom. The number of anilines is 1. The zero-order valence-electron chi connectivity index (χ0n) is 21.2. The van der Waals surface area contributed by atoms with Crippen LogP contribution in [-0.4, -0.2) is 33.9 Å². The van der Waals surface area contributed by atoms with Crippen molar-refractivity contribution in [3.05, 3.63) is 41.3 Å². The molecule has 1 aromatic rings. The average Bonchev–Trinajstić information content (AvgIpc) is 3.38. The smallest absolute Gasteiger partial charge is 0.223 e. The summed E-state index contributed by atoms with van der Waals surface area (Å²) in [5, 5.41) is 25.6. The molecule has 4 N–H and O–H groups in total. The van der Waals surface area contributed by atoms with Gasteiger partial charge in [-0.05, 0) is 67.4 Å². The number of ketones is 2. The molecule has 186 valence electrons.